The van der Waals surface area contributed by atoms with Gasteiger partial charge in [-0.25, -0.2) is 0 Å². The van der Waals surface area contributed by atoms with Crippen LogP contribution < -0.4 is 0 Å². The van der Waals surface area contributed by atoms with Crippen molar-refractivity contribution in [1.82, 2.24) is 19.7 Å². The molecule has 112 valence electrons. The summed E-state index contributed by atoms with van der Waals surface area (Å²) < 4.78 is 1.87. The van der Waals surface area contributed by atoms with E-state index in [0.29, 0.717) is 13.0 Å². The van der Waals surface area contributed by atoms with E-state index in [1.165, 1.54) is 5.56 Å². The van der Waals surface area contributed by atoms with Gasteiger partial charge in [-0.15, -0.1) is 0 Å². The quantitative estimate of drug-likeness (QED) is 0.845. The molecule has 2 rings (SSSR count). The molecule has 0 unspecified atom stereocenters. The van der Waals surface area contributed by atoms with E-state index in [1.807, 2.05) is 44.8 Å². The Morgan fingerprint density at radius 3 is 2.71 bits per heavy atom. The van der Waals surface area contributed by atoms with Gasteiger partial charge in [0.1, 0.15) is 0 Å². The number of hydrogen-bond acceptors (Lipinski definition) is 3. The zero-order chi connectivity index (χ0) is 15.4. The molecule has 0 bridgehead atoms. The van der Waals surface area contributed by atoms with Crippen molar-refractivity contribution < 1.29 is 4.79 Å². The highest BCUT2D eigenvalue weighted by molar-refractivity contribution is 5.76. The van der Waals surface area contributed by atoms with Crippen molar-refractivity contribution in [3.63, 3.8) is 0 Å². The second-order valence-corrected chi connectivity index (χ2v) is 5.38. The fourth-order valence-electron chi connectivity index (χ4n) is 2.46. The number of aromatic nitrogens is 3. The highest BCUT2D eigenvalue weighted by Gasteiger charge is 2.14. The lowest BCUT2D eigenvalue weighted by Crippen LogP contribution is -2.26. The van der Waals surface area contributed by atoms with Gasteiger partial charge in [0.05, 0.1) is 5.69 Å². The molecule has 0 saturated carbocycles. The largest absolute Gasteiger partial charge is 0.341 e. The summed E-state index contributed by atoms with van der Waals surface area (Å²) in [5.74, 6) is 0.140. The lowest BCUT2D eigenvalue weighted by molar-refractivity contribution is -0.130. The van der Waals surface area contributed by atoms with E-state index in [2.05, 4.69) is 10.1 Å². The van der Waals surface area contributed by atoms with Gasteiger partial charge in [0.25, 0.3) is 0 Å². The van der Waals surface area contributed by atoms with Crippen LogP contribution in [0, 0.1) is 13.8 Å². The smallest absolute Gasteiger partial charge is 0.222 e. The Bertz CT molecular complexity index is 619. The molecular weight excluding hydrogens is 264 g/mol. The second-order valence-electron chi connectivity index (χ2n) is 5.38. The number of nitrogens with zero attached hydrogens (tertiary/aromatic N) is 4. The van der Waals surface area contributed by atoms with E-state index in [0.717, 1.165) is 23.4 Å². The Kier molecular flexibility index (Phi) is 4.73. The summed E-state index contributed by atoms with van der Waals surface area (Å²) in [5, 5.41) is 4.38. The van der Waals surface area contributed by atoms with Gasteiger partial charge in [0.15, 0.2) is 0 Å². The number of carbonyl (C=O) groups is 1. The van der Waals surface area contributed by atoms with Crippen LogP contribution in [0.15, 0.2) is 24.5 Å². The molecule has 0 fully saturated rings. The molecule has 0 aliphatic carbocycles. The third-order valence-corrected chi connectivity index (χ3v) is 3.82. The fraction of sp³-hybridized carbons (Fsp3) is 0.438. The first-order valence-electron chi connectivity index (χ1n) is 7.11. The van der Waals surface area contributed by atoms with Crippen LogP contribution in [0.1, 0.15) is 28.9 Å². The number of hydrogen-bond donors (Lipinski definition) is 0. The molecule has 2 aromatic heterocycles. The Hall–Kier alpha value is -2.17. The molecule has 0 saturated heterocycles. The van der Waals surface area contributed by atoms with E-state index in [-0.39, 0.29) is 5.91 Å². The van der Waals surface area contributed by atoms with Gasteiger partial charge in [-0.3, -0.25) is 14.5 Å². The molecule has 0 aromatic carbocycles. The molecule has 21 heavy (non-hydrogen) atoms. The SMILES string of the molecule is Cc1nn(C)c(C)c1CCC(=O)N(C)Cc1cccnc1. The predicted molar refractivity (Wildman–Crippen MR) is 81.7 cm³/mol. The Labute approximate surface area is 125 Å². The molecule has 2 heterocycles. The number of rotatable bonds is 5. The summed E-state index contributed by atoms with van der Waals surface area (Å²) in [6, 6.07) is 3.86. The van der Waals surface area contributed by atoms with Crippen molar-refractivity contribution in [2.75, 3.05) is 7.05 Å². The lowest BCUT2D eigenvalue weighted by atomic mass is 10.1. The van der Waals surface area contributed by atoms with Crippen LogP contribution in [0.5, 0.6) is 0 Å². The normalized spacial score (nSPS) is 10.7. The average molecular weight is 286 g/mol. The Morgan fingerprint density at radius 1 is 1.38 bits per heavy atom. The first-order chi connectivity index (χ1) is 9.99. The molecule has 0 atom stereocenters. The molecule has 5 nitrogen and oxygen atoms in total. The van der Waals surface area contributed by atoms with E-state index in [4.69, 9.17) is 0 Å². The van der Waals surface area contributed by atoms with Crippen LogP contribution in [0.4, 0.5) is 0 Å². The van der Waals surface area contributed by atoms with Crippen molar-refractivity contribution in [3.8, 4) is 0 Å². The van der Waals surface area contributed by atoms with Gasteiger partial charge in [-0.05, 0) is 37.5 Å². The molecule has 0 spiro atoms. The molecule has 2 aromatic rings. The minimum Gasteiger partial charge on any atom is -0.341 e. The van der Waals surface area contributed by atoms with Gasteiger partial charge in [-0.2, -0.15) is 5.10 Å². The topological polar surface area (TPSA) is 51.0 Å². The van der Waals surface area contributed by atoms with E-state index in [9.17, 15) is 4.79 Å². The summed E-state index contributed by atoms with van der Waals surface area (Å²) in [6.45, 7) is 4.63. The van der Waals surface area contributed by atoms with Crippen LogP contribution in [0.2, 0.25) is 0 Å². The maximum atomic E-state index is 12.2. The first-order valence-corrected chi connectivity index (χ1v) is 7.11. The summed E-state index contributed by atoms with van der Waals surface area (Å²) in [5.41, 5.74) is 4.37. The highest BCUT2D eigenvalue weighted by atomic mass is 16.2. The van der Waals surface area contributed by atoms with E-state index in [1.54, 1.807) is 17.3 Å². The van der Waals surface area contributed by atoms with Crippen molar-refractivity contribution >= 4 is 5.91 Å². The summed E-state index contributed by atoms with van der Waals surface area (Å²) in [6.07, 6.45) is 4.77. The van der Waals surface area contributed by atoms with Crippen LogP contribution in [0.25, 0.3) is 0 Å². The van der Waals surface area contributed by atoms with Crippen molar-refractivity contribution in [3.05, 3.63) is 47.0 Å². The van der Waals surface area contributed by atoms with Gasteiger partial charge < -0.3 is 4.90 Å². The third kappa shape index (κ3) is 3.68. The van der Waals surface area contributed by atoms with Crippen molar-refractivity contribution in [2.24, 2.45) is 7.05 Å². The maximum absolute atomic E-state index is 12.2. The number of amides is 1. The predicted octanol–water partition coefficient (Wildman–Crippen LogP) is 2.02. The molecule has 0 aliphatic rings. The second kappa shape index (κ2) is 6.52. The average Bonchev–Trinajstić information content (AvgIpc) is 2.71. The third-order valence-electron chi connectivity index (χ3n) is 3.82. The minimum absolute atomic E-state index is 0.140. The number of aryl methyl sites for hydroxylation is 2. The molecule has 0 N–H and O–H groups in total. The Balaban J connectivity index is 1.92. The molecule has 5 heteroatoms. The summed E-state index contributed by atoms with van der Waals surface area (Å²) in [7, 11) is 3.76. The molecular formula is C16H22N4O. The molecule has 1 amide bonds. The highest BCUT2D eigenvalue weighted by Crippen LogP contribution is 2.15. The fourth-order valence-corrected chi connectivity index (χ4v) is 2.46. The zero-order valence-corrected chi connectivity index (χ0v) is 13.1. The standard InChI is InChI=1S/C16H22N4O/c1-12-15(13(2)20(4)18-12)7-8-16(21)19(3)11-14-6-5-9-17-10-14/h5-6,9-10H,7-8,11H2,1-4H3. The molecule has 0 radical (unpaired) electrons. The lowest BCUT2D eigenvalue weighted by Gasteiger charge is -2.17. The summed E-state index contributed by atoms with van der Waals surface area (Å²) >= 11 is 0. The van der Waals surface area contributed by atoms with Gasteiger partial charge in [-0.1, -0.05) is 6.07 Å². The van der Waals surface area contributed by atoms with Crippen molar-refractivity contribution in [2.45, 2.75) is 33.2 Å². The molecule has 0 aliphatic heterocycles. The van der Waals surface area contributed by atoms with Gasteiger partial charge in [0.2, 0.25) is 5.91 Å². The van der Waals surface area contributed by atoms with Crippen LogP contribution in [0.3, 0.4) is 0 Å². The van der Waals surface area contributed by atoms with Crippen molar-refractivity contribution in [1.29, 1.82) is 0 Å². The minimum atomic E-state index is 0.140. The van der Waals surface area contributed by atoms with Crippen LogP contribution in [-0.4, -0.2) is 32.6 Å². The Morgan fingerprint density at radius 2 is 2.14 bits per heavy atom. The number of pyridine rings is 1. The number of carbonyl (C=O) groups excluding carboxylic acids is 1. The van der Waals surface area contributed by atoms with Crippen LogP contribution in [-0.2, 0) is 24.8 Å². The van der Waals surface area contributed by atoms with Gasteiger partial charge in [0, 0.05) is 45.1 Å². The van der Waals surface area contributed by atoms with E-state index >= 15 is 0 Å². The maximum Gasteiger partial charge on any atom is 0.222 e. The first kappa shape index (κ1) is 15.2. The monoisotopic (exact) mass is 286 g/mol. The van der Waals surface area contributed by atoms with E-state index < -0.39 is 0 Å². The van der Waals surface area contributed by atoms with Crippen LogP contribution >= 0.6 is 0 Å². The van der Waals surface area contributed by atoms with Gasteiger partial charge >= 0.3 is 0 Å². The summed E-state index contributed by atoms with van der Waals surface area (Å²) in [4.78, 5) is 18.0. The zero-order valence-electron chi connectivity index (χ0n) is 13.1.